The molecule has 0 aromatic heterocycles. The number of aliphatic carboxylic acids is 1. The number of phenols is 1. The van der Waals surface area contributed by atoms with Crippen LogP contribution in [0.15, 0.2) is 24.3 Å². The van der Waals surface area contributed by atoms with Crippen LogP contribution in [0.4, 0.5) is 0 Å². The molecule has 1 rings (SSSR count). The van der Waals surface area contributed by atoms with Crippen molar-refractivity contribution in [2.75, 3.05) is 13.2 Å². The molecule has 3 amide bonds. The van der Waals surface area contributed by atoms with Gasteiger partial charge >= 0.3 is 5.97 Å². The smallest absolute Gasteiger partial charge is 0.326 e. The molecule has 0 aliphatic rings. The molecular formula is C24H39N5O7. The largest absolute Gasteiger partial charge is 0.508 e. The maximum Gasteiger partial charge on any atom is 0.326 e. The van der Waals surface area contributed by atoms with E-state index < -0.39 is 54.5 Å². The minimum Gasteiger partial charge on any atom is -0.508 e. The Morgan fingerprint density at radius 1 is 0.889 bits per heavy atom. The Labute approximate surface area is 210 Å². The van der Waals surface area contributed by atoms with Crippen molar-refractivity contribution < 1.29 is 34.5 Å². The first-order valence-corrected chi connectivity index (χ1v) is 12.0. The van der Waals surface area contributed by atoms with Crippen molar-refractivity contribution >= 4 is 23.7 Å². The zero-order chi connectivity index (χ0) is 27.3. The van der Waals surface area contributed by atoms with E-state index in [1.807, 2.05) is 13.8 Å². The number of carbonyl (C=O) groups excluding carboxylic acids is 3. The molecule has 12 heteroatoms. The van der Waals surface area contributed by atoms with Crippen LogP contribution in [-0.2, 0) is 25.6 Å². The van der Waals surface area contributed by atoms with E-state index in [1.165, 1.54) is 24.3 Å². The maximum absolute atomic E-state index is 12.9. The fraction of sp³-hybridized carbons (Fsp3) is 0.583. The van der Waals surface area contributed by atoms with E-state index >= 15 is 0 Å². The van der Waals surface area contributed by atoms with Crippen molar-refractivity contribution in [1.29, 1.82) is 0 Å². The predicted octanol–water partition coefficient (Wildman–Crippen LogP) is -1.03. The van der Waals surface area contributed by atoms with E-state index in [0.717, 1.165) is 0 Å². The first-order valence-electron chi connectivity index (χ1n) is 12.0. The Morgan fingerprint density at radius 3 is 1.97 bits per heavy atom. The van der Waals surface area contributed by atoms with Crippen LogP contribution in [-0.4, -0.2) is 76.3 Å². The van der Waals surface area contributed by atoms with Gasteiger partial charge in [-0.15, -0.1) is 0 Å². The SMILES string of the molecule is CC(C)CC(NC(=O)C(N)CCCCN)C(=O)NC(CO)C(=O)NC(Cc1ccc(O)cc1)C(=O)O. The van der Waals surface area contributed by atoms with E-state index in [1.54, 1.807) is 0 Å². The van der Waals surface area contributed by atoms with Crippen molar-refractivity contribution in [3.8, 4) is 5.75 Å². The number of nitrogens with one attached hydrogen (secondary N) is 3. The summed E-state index contributed by atoms with van der Waals surface area (Å²) in [5.41, 5.74) is 11.9. The van der Waals surface area contributed by atoms with Gasteiger partial charge in [0, 0.05) is 6.42 Å². The summed E-state index contributed by atoms with van der Waals surface area (Å²) in [5.74, 6) is -3.41. The lowest BCUT2D eigenvalue weighted by atomic mass is 10.0. The second-order valence-corrected chi connectivity index (χ2v) is 9.10. The van der Waals surface area contributed by atoms with E-state index in [0.29, 0.717) is 31.4 Å². The highest BCUT2D eigenvalue weighted by atomic mass is 16.4. The van der Waals surface area contributed by atoms with Crippen molar-refractivity contribution in [2.24, 2.45) is 17.4 Å². The Balaban J connectivity index is 2.84. The van der Waals surface area contributed by atoms with E-state index in [9.17, 15) is 34.5 Å². The number of phenolic OH excluding ortho intramolecular Hbond substituents is 1. The van der Waals surface area contributed by atoms with E-state index in [4.69, 9.17) is 11.5 Å². The fourth-order valence-electron chi connectivity index (χ4n) is 3.43. The number of aliphatic hydroxyl groups excluding tert-OH is 1. The van der Waals surface area contributed by atoms with Crippen LogP contribution in [0.2, 0.25) is 0 Å². The Kier molecular flexibility index (Phi) is 13.4. The minimum atomic E-state index is -1.44. The average molecular weight is 510 g/mol. The molecule has 10 N–H and O–H groups in total. The van der Waals surface area contributed by atoms with Gasteiger partial charge in [-0.05, 0) is 49.4 Å². The number of rotatable bonds is 16. The molecule has 202 valence electrons. The van der Waals surface area contributed by atoms with Crippen molar-refractivity contribution in [3.05, 3.63) is 29.8 Å². The summed E-state index contributed by atoms with van der Waals surface area (Å²) in [6.45, 7) is 3.40. The molecule has 0 spiro atoms. The molecule has 0 aliphatic heterocycles. The molecule has 36 heavy (non-hydrogen) atoms. The third-order valence-corrected chi connectivity index (χ3v) is 5.45. The number of carboxylic acids is 1. The summed E-state index contributed by atoms with van der Waals surface area (Å²) < 4.78 is 0. The molecule has 0 bridgehead atoms. The summed E-state index contributed by atoms with van der Waals surface area (Å²) in [7, 11) is 0. The number of hydrogen-bond donors (Lipinski definition) is 8. The molecule has 0 heterocycles. The predicted molar refractivity (Wildman–Crippen MR) is 133 cm³/mol. The van der Waals surface area contributed by atoms with Gasteiger partial charge in [-0.25, -0.2) is 4.79 Å². The summed E-state index contributed by atoms with van der Waals surface area (Å²) in [6, 6.07) is 1.19. The molecule has 0 saturated carbocycles. The first-order chi connectivity index (χ1) is 17.0. The third kappa shape index (κ3) is 11.0. The zero-order valence-electron chi connectivity index (χ0n) is 20.8. The van der Waals surface area contributed by atoms with Crippen LogP contribution in [0.25, 0.3) is 0 Å². The van der Waals surface area contributed by atoms with Gasteiger partial charge < -0.3 is 42.7 Å². The summed E-state index contributed by atoms with van der Waals surface area (Å²) in [5, 5.41) is 35.9. The van der Waals surface area contributed by atoms with E-state index in [2.05, 4.69) is 16.0 Å². The molecule has 0 aliphatic carbocycles. The second kappa shape index (κ2) is 15.7. The van der Waals surface area contributed by atoms with Crippen molar-refractivity contribution in [3.63, 3.8) is 0 Å². The molecule has 1 aromatic rings. The van der Waals surface area contributed by atoms with Gasteiger partial charge in [0.1, 0.15) is 23.9 Å². The van der Waals surface area contributed by atoms with Gasteiger partial charge in [0.25, 0.3) is 0 Å². The Hall–Kier alpha value is -3.22. The Morgan fingerprint density at radius 2 is 1.44 bits per heavy atom. The number of carbonyl (C=O) groups is 4. The van der Waals surface area contributed by atoms with Gasteiger partial charge in [-0.3, -0.25) is 14.4 Å². The number of hydrogen-bond acceptors (Lipinski definition) is 8. The van der Waals surface area contributed by atoms with Crippen LogP contribution in [0.5, 0.6) is 5.75 Å². The van der Waals surface area contributed by atoms with Crippen molar-refractivity contribution in [2.45, 2.75) is 70.1 Å². The highest BCUT2D eigenvalue weighted by Gasteiger charge is 2.30. The summed E-state index contributed by atoms with van der Waals surface area (Å²) in [4.78, 5) is 49.7. The third-order valence-electron chi connectivity index (χ3n) is 5.45. The minimum absolute atomic E-state index is 0.0114. The molecule has 0 radical (unpaired) electrons. The summed E-state index contributed by atoms with van der Waals surface area (Å²) in [6.07, 6.45) is 1.95. The normalized spacial score (nSPS) is 14.4. The number of aliphatic hydroxyl groups is 1. The van der Waals surface area contributed by atoms with Gasteiger partial charge in [-0.2, -0.15) is 0 Å². The standard InChI is InChI=1S/C24H39N5O7/c1-14(2)11-18(27-21(32)17(26)5-3-4-10-25)22(33)29-20(13-30)23(34)28-19(24(35)36)12-15-6-8-16(31)9-7-15/h6-9,14,17-20,30-31H,3-5,10-13,25-26H2,1-2H3,(H,27,32)(H,28,34)(H,29,33)(H,35,36). The number of carboxylic acid groups (broad SMARTS) is 1. The van der Waals surface area contributed by atoms with Gasteiger partial charge in [-0.1, -0.05) is 32.4 Å². The topological polar surface area (TPSA) is 217 Å². The molecule has 0 saturated heterocycles. The molecule has 0 fully saturated rings. The number of nitrogens with two attached hydrogens (primary N) is 2. The van der Waals surface area contributed by atoms with E-state index in [-0.39, 0.29) is 24.5 Å². The second-order valence-electron chi connectivity index (χ2n) is 9.10. The van der Waals surface area contributed by atoms with Gasteiger partial charge in [0.15, 0.2) is 0 Å². The number of amides is 3. The fourth-order valence-corrected chi connectivity index (χ4v) is 3.43. The zero-order valence-corrected chi connectivity index (χ0v) is 20.8. The van der Waals surface area contributed by atoms with Crippen LogP contribution in [0.1, 0.15) is 45.1 Å². The lowest BCUT2D eigenvalue weighted by Crippen LogP contribution is -2.58. The lowest BCUT2D eigenvalue weighted by molar-refractivity contribution is -0.142. The van der Waals surface area contributed by atoms with Crippen LogP contribution >= 0.6 is 0 Å². The molecule has 1 aromatic carbocycles. The Bertz CT molecular complexity index is 863. The molecule has 12 nitrogen and oxygen atoms in total. The van der Waals surface area contributed by atoms with Crippen LogP contribution in [0.3, 0.4) is 0 Å². The summed E-state index contributed by atoms with van der Waals surface area (Å²) >= 11 is 0. The molecule has 4 atom stereocenters. The van der Waals surface area contributed by atoms with Gasteiger partial charge in [0.05, 0.1) is 12.6 Å². The number of benzene rings is 1. The van der Waals surface area contributed by atoms with Crippen LogP contribution in [0, 0.1) is 5.92 Å². The molecule has 4 unspecified atom stereocenters. The number of unbranched alkanes of at least 4 members (excludes halogenated alkanes) is 1. The lowest BCUT2D eigenvalue weighted by Gasteiger charge is -2.25. The first kappa shape index (κ1) is 30.8. The number of aromatic hydroxyl groups is 1. The monoisotopic (exact) mass is 509 g/mol. The maximum atomic E-state index is 12.9. The van der Waals surface area contributed by atoms with Crippen molar-refractivity contribution in [1.82, 2.24) is 16.0 Å². The average Bonchev–Trinajstić information content (AvgIpc) is 2.82. The highest BCUT2D eigenvalue weighted by Crippen LogP contribution is 2.12. The highest BCUT2D eigenvalue weighted by molar-refractivity contribution is 5.94. The van der Waals surface area contributed by atoms with Crippen LogP contribution < -0.4 is 27.4 Å². The van der Waals surface area contributed by atoms with Gasteiger partial charge in [0.2, 0.25) is 17.7 Å². The molecular weight excluding hydrogens is 470 g/mol. The quantitative estimate of drug-likeness (QED) is 0.128.